The fourth-order valence-corrected chi connectivity index (χ4v) is 3.69. The number of ether oxygens (including phenoxy) is 2. The maximum atomic E-state index is 13.3. The molecule has 6 heteroatoms. The van der Waals surface area contributed by atoms with Gasteiger partial charge < -0.3 is 19.7 Å². The number of hydrogen-bond acceptors (Lipinski definition) is 4. The summed E-state index contributed by atoms with van der Waals surface area (Å²) in [5.74, 6) is 1.30. The van der Waals surface area contributed by atoms with Gasteiger partial charge in [-0.2, -0.15) is 0 Å². The van der Waals surface area contributed by atoms with E-state index in [0.717, 1.165) is 29.2 Å². The smallest absolute Gasteiger partial charge is 0.256 e. The van der Waals surface area contributed by atoms with Crippen LogP contribution in [0.2, 0.25) is 0 Å². The first-order valence-electron chi connectivity index (χ1n) is 10.1. The molecule has 2 aliphatic rings. The number of nitrogens with zero attached hydrogens (tertiary/aromatic N) is 1. The fraction of sp³-hybridized carbons (Fsp3) is 0.250. The van der Waals surface area contributed by atoms with Gasteiger partial charge in [0.1, 0.15) is 0 Å². The SMILES string of the molecule is CN(Cc1ccc2c(c1)OCO2)C(=O)c1cc2ccccc2cc1NC(=O)C1CC1. The third-order valence-corrected chi connectivity index (χ3v) is 5.53. The molecule has 152 valence electrons. The summed E-state index contributed by atoms with van der Waals surface area (Å²) in [6.45, 7) is 0.632. The van der Waals surface area contributed by atoms with Crippen molar-refractivity contribution < 1.29 is 19.1 Å². The molecule has 1 aliphatic carbocycles. The number of carbonyl (C=O) groups excluding carboxylic acids is 2. The van der Waals surface area contributed by atoms with Crippen LogP contribution in [-0.4, -0.2) is 30.6 Å². The molecule has 0 spiro atoms. The Bertz CT molecular complexity index is 1150. The summed E-state index contributed by atoms with van der Waals surface area (Å²) >= 11 is 0. The Balaban J connectivity index is 1.44. The summed E-state index contributed by atoms with van der Waals surface area (Å²) in [7, 11) is 1.76. The van der Waals surface area contributed by atoms with E-state index in [1.807, 2.05) is 54.6 Å². The molecule has 5 rings (SSSR count). The quantitative estimate of drug-likeness (QED) is 0.695. The van der Waals surface area contributed by atoms with Gasteiger partial charge in [0.2, 0.25) is 12.7 Å². The Kier molecular flexibility index (Phi) is 4.54. The van der Waals surface area contributed by atoms with Gasteiger partial charge in [-0.05, 0) is 53.4 Å². The van der Waals surface area contributed by atoms with Gasteiger partial charge in [0.15, 0.2) is 11.5 Å². The monoisotopic (exact) mass is 402 g/mol. The molecule has 0 aromatic heterocycles. The Morgan fingerprint density at radius 1 is 1.00 bits per heavy atom. The van der Waals surface area contributed by atoms with Gasteiger partial charge in [0.05, 0.1) is 11.3 Å². The average Bonchev–Trinajstić information content (AvgIpc) is 3.51. The summed E-state index contributed by atoms with van der Waals surface area (Å²) < 4.78 is 10.8. The minimum atomic E-state index is -0.149. The molecule has 30 heavy (non-hydrogen) atoms. The number of carbonyl (C=O) groups is 2. The highest BCUT2D eigenvalue weighted by molar-refractivity contribution is 6.08. The molecule has 1 saturated carbocycles. The van der Waals surface area contributed by atoms with Crippen LogP contribution < -0.4 is 14.8 Å². The Morgan fingerprint density at radius 2 is 1.73 bits per heavy atom. The molecule has 0 radical (unpaired) electrons. The van der Waals surface area contributed by atoms with Crippen molar-refractivity contribution in [1.82, 2.24) is 4.90 Å². The highest BCUT2D eigenvalue weighted by atomic mass is 16.7. The van der Waals surface area contributed by atoms with Gasteiger partial charge in [-0.1, -0.05) is 30.3 Å². The van der Waals surface area contributed by atoms with E-state index in [4.69, 9.17) is 9.47 Å². The number of fused-ring (bicyclic) bond motifs is 2. The zero-order chi connectivity index (χ0) is 20.7. The van der Waals surface area contributed by atoms with Gasteiger partial charge in [-0.25, -0.2) is 0 Å². The van der Waals surface area contributed by atoms with E-state index in [-0.39, 0.29) is 24.5 Å². The van der Waals surface area contributed by atoms with E-state index in [2.05, 4.69) is 5.32 Å². The second-order valence-corrected chi connectivity index (χ2v) is 7.86. The molecule has 3 aromatic carbocycles. The van der Waals surface area contributed by atoms with E-state index in [1.54, 1.807) is 11.9 Å². The summed E-state index contributed by atoms with van der Waals surface area (Å²) in [5.41, 5.74) is 2.00. The lowest BCUT2D eigenvalue weighted by atomic mass is 10.0. The van der Waals surface area contributed by atoms with E-state index >= 15 is 0 Å². The van der Waals surface area contributed by atoms with Crippen LogP contribution in [0, 0.1) is 5.92 Å². The Hall–Kier alpha value is -3.54. The Labute approximate surface area is 174 Å². The fourth-order valence-electron chi connectivity index (χ4n) is 3.69. The lowest BCUT2D eigenvalue weighted by Crippen LogP contribution is -2.27. The van der Waals surface area contributed by atoms with Crippen LogP contribution in [0.1, 0.15) is 28.8 Å². The van der Waals surface area contributed by atoms with E-state index in [1.165, 1.54) is 0 Å². The largest absolute Gasteiger partial charge is 0.454 e. The minimum absolute atomic E-state index is 0.0160. The normalized spacial score (nSPS) is 14.6. The van der Waals surface area contributed by atoms with E-state index in [0.29, 0.717) is 29.3 Å². The van der Waals surface area contributed by atoms with Crippen LogP contribution in [0.4, 0.5) is 5.69 Å². The molecule has 0 atom stereocenters. The molecule has 2 amide bonds. The van der Waals surface area contributed by atoms with Crippen molar-refractivity contribution in [2.24, 2.45) is 5.92 Å². The van der Waals surface area contributed by atoms with Gasteiger partial charge in [0, 0.05) is 19.5 Å². The molecule has 6 nitrogen and oxygen atoms in total. The van der Waals surface area contributed by atoms with Crippen molar-refractivity contribution in [1.29, 1.82) is 0 Å². The van der Waals surface area contributed by atoms with E-state index < -0.39 is 0 Å². The second-order valence-electron chi connectivity index (χ2n) is 7.86. The maximum Gasteiger partial charge on any atom is 0.256 e. The molecule has 1 aliphatic heterocycles. The number of anilines is 1. The lowest BCUT2D eigenvalue weighted by molar-refractivity contribution is -0.117. The number of nitrogens with one attached hydrogen (secondary N) is 1. The summed E-state index contributed by atoms with van der Waals surface area (Å²) in [6.07, 6.45) is 1.82. The highest BCUT2D eigenvalue weighted by Gasteiger charge is 2.30. The van der Waals surface area contributed by atoms with Gasteiger partial charge in [-0.15, -0.1) is 0 Å². The van der Waals surface area contributed by atoms with Crippen LogP contribution in [0.15, 0.2) is 54.6 Å². The minimum Gasteiger partial charge on any atom is -0.454 e. The zero-order valence-electron chi connectivity index (χ0n) is 16.7. The lowest BCUT2D eigenvalue weighted by Gasteiger charge is -2.20. The van der Waals surface area contributed by atoms with Gasteiger partial charge in [0.25, 0.3) is 5.91 Å². The molecule has 0 bridgehead atoms. The molecule has 0 unspecified atom stereocenters. The first kappa shape index (κ1) is 18.5. The van der Waals surface area contributed by atoms with Crippen molar-refractivity contribution in [2.45, 2.75) is 19.4 Å². The van der Waals surface area contributed by atoms with Gasteiger partial charge in [-0.3, -0.25) is 9.59 Å². The third-order valence-electron chi connectivity index (χ3n) is 5.53. The van der Waals surface area contributed by atoms with Crippen molar-refractivity contribution in [3.63, 3.8) is 0 Å². The number of rotatable bonds is 5. The maximum absolute atomic E-state index is 13.3. The highest BCUT2D eigenvalue weighted by Crippen LogP contribution is 2.34. The number of hydrogen-bond donors (Lipinski definition) is 1. The first-order chi connectivity index (χ1) is 14.6. The molecule has 1 heterocycles. The van der Waals surface area contributed by atoms with Crippen LogP contribution in [0.3, 0.4) is 0 Å². The van der Waals surface area contributed by atoms with Crippen molar-refractivity contribution >= 4 is 28.3 Å². The standard InChI is InChI=1S/C24H22N2O4/c1-26(13-15-6-9-21-22(10-15)30-14-29-21)24(28)19-11-17-4-2-3-5-18(17)12-20(19)25-23(27)16-7-8-16/h2-6,9-12,16H,7-8,13-14H2,1H3,(H,25,27). The molecule has 3 aromatic rings. The summed E-state index contributed by atoms with van der Waals surface area (Å²) in [5, 5.41) is 4.92. The Morgan fingerprint density at radius 3 is 2.50 bits per heavy atom. The van der Waals surface area contributed by atoms with Crippen LogP contribution in [0.5, 0.6) is 11.5 Å². The molecule has 1 fully saturated rings. The first-order valence-corrected chi connectivity index (χ1v) is 10.1. The van der Waals surface area contributed by atoms with Crippen LogP contribution in [0.25, 0.3) is 10.8 Å². The number of benzene rings is 3. The van der Waals surface area contributed by atoms with Crippen molar-refractivity contribution in [2.75, 3.05) is 19.2 Å². The molecular weight excluding hydrogens is 380 g/mol. The van der Waals surface area contributed by atoms with Crippen LogP contribution in [-0.2, 0) is 11.3 Å². The molecule has 0 saturated heterocycles. The average molecular weight is 402 g/mol. The summed E-state index contributed by atoms with van der Waals surface area (Å²) in [6, 6.07) is 17.2. The topological polar surface area (TPSA) is 67.9 Å². The van der Waals surface area contributed by atoms with Gasteiger partial charge >= 0.3 is 0 Å². The van der Waals surface area contributed by atoms with Crippen molar-refractivity contribution in [3.05, 3.63) is 65.7 Å². The molecule has 1 N–H and O–H groups in total. The third kappa shape index (κ3) is 3.56. The van der Waals surface area contributed by atoms with Crippen LogP contribution >= 0.6 is 0 Å². The zero-order valence-corrected chi connectivity index (χ0v) is 16.7. The van der Waals surface area contributed by atoms with E-state index in [9.17, 15) is 9.59 Å². The second kappa shape index (κ2) is 7.37. The number of amides is 2. The predicted molar refractivity (Wildman–Crippen MR) is 114 cm³/mol. The predicted octanol–water partition coefficient (Wildman–Crippen LogP) is 4.19. The summed E-state index contributed by atoms with van der Waals surface area (Å²) in [4.78, 5) is 27.4. The molecular formula is C24H22N2O4. The van der Waals surface area contributed by atoms with Crippen molar-refractivity contribution in [3.8, 4) is 11.5 Å².